The third-order valence-corrected chi connectivity index (χ3v) is 3.86. The van der Waals surface area contributed by atoms with Gasteiger partial charge >= 0.3 is 0 Å². The van der Waals surface area contributed by atoms with Crippen LogP contribution in [0.25, 0.3) is 0 Å². The number of nitrogens with zero attached hydrogens (tertiary/aromatic N) is 1. The van der Waals surface area contributed by atoms with Crippen molar-refractivity contribution < 1.29 is 14.0 Å². The van der Waals surface area contributed by atoms with Gasteiger partial charge in [0, 0.05) is 18.4 Å². The summed E-state index contributed by atoms with van der Waals surface area (Å²) in [5.41, 5.74) is 0.920. The largest absolute Gasteiger partial charge is 0.357 e. The molecular weight excluding hydrogens is 309 g/mol. The van der Waals surface area contributed by atoms with Gasteiger partial charge < -0.3 is 15.2 Å². The van der Waals surface area contributed by atoms with Crippen LogP contribution in [0.5, 0.6) is 0 Å². The van der Waals surface area contributed by atoms with Gasteiger partial charge in [0.15, 0.2) is 0 Å². The first-order valence-electron chi connectivity index (χ1n) is 6.77. The van der Waals surface area contributed by atoms with E-state index in [0.29, 0.717) is 24.3 Å². The van der Waals surface area contributed by atoms with Crippen LogP contribution in [-0.4, -0.2) is 29.4 Å². The molecule has 2 heterocycles. The number of rotatable bonds is 3. The van der Waals surface area contributed by atoms with Gasteiger partial charge in [-0.2, -0.15) is 0 Å². The Bertz CT molecular complexity index is 718. The Kier molecular flexibility index (Phi) is 3.85. The first-order chi connectivity index (χ1) is 10.6. The average molecular weight is 322 g/mol. The Labute approximate surface area is 131 Å². The SMILES string of the molecule is O=C(NC1CCN(c2ccc(F)c(Cl)c2)C1=O)c1ccc[nH]1. The molecule has 1 aromatic carbocycles. The van der Waals surface area contributed by atoms with Gasteiger partial charge in [-0.05, 0) is 36.8 Å². The van der Waals surface area contributed by atoms with Crippen molar-refractivity contribution >= 4 is 29.1 Å². The molecule has 2 N–H and O–H groups in total. The van der Waals surface area contributed by atoms with Crippen molar-refractivity contribution in [2.75, 3.05) is 11.4 Å². The highest BCUT2D eigenvalue weighted by molar-refractivity contribution is 6.31. The van der Waals surface area contributed by atoms with Gasteiger partial charge in [0.1, 0.15) is 17.6 Å². The second-order valence-electron chi connectivity index (χ2n) is 4.99. The molecule has 1 aliphatic rings. The van der Waals surface area contributed by atoms with Crippen LogP contribution < -0.4 is 10.2 Å². The topological polar surface area (TPSA) is 65.2 Å². The molecule has 0 radical (unpaired) electrons. The van der Waals surface area contributed by atoms with Crippen molar-refractivity contribution in [3.05, 3.63) is 53.1 Å². The average Bonchev–Trinajstić information content (AvgIpc) is 3.13. The van der Waals surface area contributed by atoms with E-state index in [1.807, 2.05) is 0 Å². The van der Waals surface area contributed by atoms with Crippen molar-refractivity contribution in [3.63, 3.8) is 0 Å². The minimum absolute atomic E-state index is 0.0378. The Balaban J connectivity index is 1.72. The summed E-state index contributed by atoms with van der Waals surface area (Å²) >= 11 is 5.74. The van der Waals surface area contributed by atoms with E-state index in [-0.39, 0.29) is 16.8 Å². The molecule has 3 rings (SSSR count). The molecule has 1 saturated heterocycles. The number of H-pyrrole nitrogens is 1. The number of nitrogens with one attached hydrogen (secondary N) is 2. The molecule has 5 nitrogen and oxygen atoms in total. The Morgan fingerprint density at radius 1 is 1.41 bits per heavy atom. The fourth-order valence-corrected chi connectivity index (χ4v) is 2.61. The fourth-order valence-electron chi connectivity index (χ4n) is 2.43. The number of halogens is 2. The predicted molar refractivity (Wildman–Crippen MR) is 80.4 cm³/mol. The van der Waals surface area contributed by atoms with Gasteiger partial charge in [0.2, 0.25) is 5.91 Å². The lowest BCUT2D eigenvalue weighted by Gasteiger charge is -2.17. The van der Waals surface area contributed by atoms with Gasteiger partial charge in [-0.15, -0.1) is 0 Å². The van der Waals surface area contributed by atoms with Crippen molar-refractivity contribution in [1.82, 2.24) is 10.3 Å². The van der Waals surface area contributed by atoms with Crippen LogP contribution in [0.1, 0.15) is 16.9 Å². The molecule has 1 fully saturated rings. The van der Waals surface area contributed by atoms with Crippen LogP contribution in [0.3, 0.4) is 0 Å². The molecule has 1 aliphatic heterocycles. The van der Waals surface area contributed by atoms with Crippen LogP contribution >= 0.6 is 11.6 Å². The van der Waals surface area contributed by atoms with Crippen LogP contribution in [0, 0.1) is 5.82 Å². The fraction of sp³-hybridized carbons (Fsp3) is 0.200. The van der Waals surface area contributed by atoms with Crippen LogP contribution in [0.2, 0.25) is 5.02 Å². The standard InChI is InChI=1S/C15H13ClFN3O2/c16-10-8-9(3-4-11(10)17)20-7-5-13(15(20)22)19-14(21)12-2-1-6-18-12/h1-4,6,8,13,18H,5,7H2,(H,19,21). The molecule has 0 spiro atoms. The Morgan fingerprint density at radius 3 is 2.91 bits per heavy atom. The number of hydrogen-bond donors (Lipinski definition) is 2. The summed E-state index contributed by atoms with van der Waals surface area (Å²) < 4.78 is 13.2. The highest BCUT2D eigenvalue weighted by Gasteiger charge is 2.34. The molecule has 22 heavy (non-hydrogen) atoms. The van der Waals surface area contributed by atoms with Gasteiger partial charge in [-0.1, -0.05) is 11.6 Å². The van der Waals surface area contributed by atoms with Gasteiger partial charge in [0.25, 0.3) is 5.91 Å². The minimum atomic E-state index is -0.598. The maximum Gasteiger partial charge on any atom is 0.268 e. The normalized spacial score (nSPS) is 17.8. The molecule has 1 unspecified atom stereocenters. The Morgan fingerprint density at radius 2 is 2.23 bits per heavy atom. The molecule has 2 aromatic rings. The first-order valence-corrected chi connectivity index (χ1v) is 7.15. The number of carbonyl (C=O) groups excluding carboxylic acids is 2. The number of benzene rings is 1. The van der Waals surface area contributed by atoms with Crippen molar-refractivity contribution in [2.45, 2.75) is 12.5 Å². The number of carbonyl (C=O) groups is 2. The number of amides is 2. The van der Waals surface area contributed by atoms with Crippen LogP contribution in [0.15, 0.2) is 36.5 Å². The van der Waals surface area contributed by atoms with Crippen molar-refractivity contribution in [3.8, 4) is 0 Å². The highest BCUT2D eigenvalue weighted by atomic mass is 35.5. The second-order valence-corrected chi connectivity index (χ2v) is 5.39. The monoisotopic (exact) mass is 321 g/mol. The summed E-state index contributed by atoms with van der Waals surface area (Å²) in [5, 5.41) is 2.65. The lowest BCUT2D eigenvalue weighted by molar-refractivity contribution is -0.118. The summed E-state index contributed by atoms with van der Waals surface area (Å²) in [6.45, 7) is 0.441. The van der Waals surface area contributed by atoms with E-state index in [1.54, 1.807) is 18.3 Å². The number of hydrogen-bond acceptors (Lipinski definition) is 2. The van der Waals surface area contributed by atoms with E-state index >= 15 is 0 Å². The Hall–Kier alpha value is -2.34. The van der Waals surface area contributed by atoms with Crippen LogP contribution in [0.4, 0.5) is 10.1 Å². The quantitative estimate of drug-likeness (QED) is 0.911. The number of anilines is 1. The third kappa shape index (κ3) is 2.69. The van der Waals surface area contributed by atoms with Gasteiger partial charge in [-0.3, -0.25) is 9.59 Å². The van der Waals surface area contributed by atoms with E-state index in [0.717, 1.165) is 0 Å². The molecule has 1 atom stereocenters. The zero-order valence-electron chi connectivity index (χ0n) is 11.5. The smallest absolute Gasteiger partial charge is 0.268 e. The summed E-state index contributed by atoms with van der Waals surface area (Å²) in [7, 11) is 0. The number of aromatic nitrogens is 1. The third-order valence-electron chi connectivity index (χ3n) is 3.57. The van der Waals surface area contributed by atoms with Crippen molar-refractivity contribution in [2.24, 2.45) is 0 Å². The molecule has 0 saturated carbocycles. The minimum Gasteiger partial charge on any atom is -0.357 e. The van der Waals surface area contributed by atoms with E-state index < -0.39 is 11.9 Å². The second kappa shape index (κ2) is 5.81. The summed E-state index contributed by atoms with van der Waals surface area (Å²) in [6, 6.07) is 6.86. The van der Waals surface area contributed by atoms with E-state index in [1.165, 1.54) is 23.1 Å². The highest BCUT2D eigenvalue weighted by Crippen LogP contribution is 2.26. The first kappa shape index (κ1) is 14.6. The molecule has 1 aromatic heterocycles. The van der Waals surface area contributed by atoms with Gasteiger partial charge in [0.05, 0.1) is 5.02 Å². The molecule has 114 valence electrons. The van der Waals surface area contributed by atoms with E-state index in [4.69, 9.17) is 11.6 Å². The maximum absolute atomic E-state index is 13.2. The summed E-state index contributed by atoms with van der Waals surface area (Å²) in [5.74, 6) is -1.10. The summed E-state index contributed by atoms with van der Waals surface area (Å²) in [6.07, 6.45) is 2.12. The maximum atomic E-state index is 13.2. The number of aromatic amines is 1. The predicted octanol–water partition coefficient (Wildman–Crippen LogP) is 2.34. The molecule has 2 amide bonds. The molecule has 7 heteroatoms. The lowest BCUT2D eigenvalue weighted by Crippen LogP contribution is -2.41. The summed E-state index contributed by atoms with van der Waals surface area (Å²) in [4.78, 5) is 28.6. The van der Waals surface area contributed by atoms with E-state index in [9.17, 15) is 14.0 Å². The molecule has 0 bridgehead atoms. The molecular formula is C15H13ClFN3O2. The van der Waals surface area contributed by atoms with Crippen LogP contribution in [-0.2, 0) is 4.79 Å². The lowest BCUT2D eigenvalue weighted by atomic mass is 10.2. The zero-order valence-corrected chi connectivity index (χ0v) is 12.2. The van der Waals surface area contributed by atoms with Crippen molar-refractivity contribution in [1.29, 1.82) is 0 Å². The van der Waals surface area contributed by atoms with Gasteiger partial charge in [-0.25, -0.2) is 4.39 Å². The zero-order chi connectivity index (χ0) is 15.7. The molecule has 0 aliphatic carbocycles. The van der Waals surface area contributed by atoms with E-state index in [2.05, 4.69) is 10.3 Å².